The first kappa shape index (κ1) is 13.1. The highest BCUT2D eigenvalue weighted by Crippen LogP contribution is 2.32. The molecule has 0 spiro atoms. The Morgan fingerprint density at radius 3 is 2.67 bits per heavy atom. The molecule has 1 aromatic rings. The molecule has 2 rings (SSSR count). The van der Waals surface area contributed by atoms with Crippen LogP contribution in [0.1, 0.15) is 38.2 Å². The van der Waals surface area contributed by atoms with Gasteiger partial charge in [-0.15, -0.1) is 0 Å². The van der Waals surface area contributed by atoms with Crippen molar-refractivity contribution >= 4 is 11.6 Å². The van der Waals surface area contributed by atoms with Crippen LogP contribution in [0.5, 0.6) is 0 Å². The van der Waals surface area contributed by atoms with E-state index in [0.29, 0.717) is 17.7 Å². The summed E-state index contributed by atoms with van der Waals surface area (Å²) in [5.41, 5.74) is 6.96. The van der Waals surface area contributed by atoms with Crippen molar-refractivity contribution in [3.8, 4) is 0 Å². The fraction of sp³-hybridized carbons (Fsp3) is 0.692. The maximum absolute atomic E-state index is 9.32. The summed E-state index contributed by atoms with van der Waals surface area (Å²) < 4.78 is 0. The predicted molar refractivity (Wildman–Crippen MR) is 72.5 cm³/mol. The Morgan fingerprint density at radius 1 is 1.44 bits per heavy atom. The zero-order chi connectivity index (χ0) is 13.3. The second-order valence-electron chi connectivity index (χ2n) is 5.52. The summed E-state index contributed by atoms with van der Waals surface area (Å²) in [5.74, 6) is 2.34. The molecule has 0 amide bonds. The monoisotopic (exact) mass is 250 g/mol. The van der Waals surface area contributed by atoms with Crippen LogP contribution in [0.4, 0.5) is 11.6 Å². The zero-order valence-electron chi connectivity index (χ0n) is 11.3. The molecule has 1 aliphatic rings. The third-order valence-corrected chi connectivity index (χ3v) is 3.58. The van der Waals surface area contributed by atoms with Gasteiger partial charge in [0.1, 0.15) is 18.0 Å². The minimum absolute atomic E-state index is 0.108. The van der Waals surface area contributed by atoms with E-state index in [4.69, 9.17) is 5.73 Å². The van der Waals surface area contributed by atoms with Crippen molar-refractivity contribution in [1.29, 1.82) is 0 Å². The summed E-state index contributed by atoms with van der Waals surface area (Å²) in [6.45, 7) is 5.10. The Labute approximate surface area is 108 Å². The number of aliphatic hydroxyl groups excluding tert-OH is 1. The largest absolute Gasteiger partial charge is 0.393 e. The fourth-order valence-electron chi connectivity index (χ4n) is 2.58. The Morgan fingerprint density at radius 2 is 2.11 bits per heavy atom. The van der Waals surface area contributed by atoms with E-state index in [1.165, 1.54) is 6.33 Å². The van der Waals surface area contributed by atoms with E-state index in [-0.39, 0.29) is 6.10 Å². The lowest BCUT2D eigenvalue weighted by molar-refractivity contribution is 0.0464. The van der Waals surface area contributed by atoms with Crippen molar-refractivity contribution < 1.29 is 5.11 Å². The second-order valence-corrected chi connectivity index (χ2v) is 5.52. The quantitative estimate of drug-likeness (QED) is 0.844. The molecule has 0 atom stereocenters. The summed E-state index contributed by atoms with van der Waals surface area (Å²) in [4.78, 5) is 10.6. The fourth-order valence-corrected chi connectivity index (χ4v) is 2.58. The number of aromatic nitrogens is 2. The standard InChI is InChI=1S/C13H22N4O/c1-8(2)11-12(14)15-7-16-13(11)17(3)6-9-4-10(18)5-9/h7-10,18H,4-6H2,1-3H3,(H2,14,15,16). The van der Waals surface area contributed by atoms with Crippen LogP contribution in [0.2, 0.25) is 0 Å². The molecule has 5 nitrogen and oxygen atoms in total. The molecule has 18 heavy (non-hydrogen) atoms. The van der Waals surface area contributed by atoms with Gasteiger partial charge in [0.2, 0.25) is 0 Å². The maximum Gasteiger partial charge on any atom is 0.137 e. The molecule has 0 aromatic carbocycles. The first-order valence-corrected chi connectivity index (χ1v) is 6.48. The number of rotatable bonds is 4. The SMILES string of the molecule is CC(C)c1c(N)ncnc1N(C)CC1CC(O)C1. The molecule has 0 aliphatic heterocycles. The molecule has 1 heterocycles. The van der Waals surface area contributed by atoms with Gasteiger partial charge in [0.25, 0.3) is 0 Å². The van der Waals surface area contributed by atoms with Crippen molar-refractivity contribution in [3.63, 3.8) is 0 Å². The average molecular weight is 250 g/mol. The van der Waals surface area contributed by atoms with Gasteiger partial charge in [-0.1, -0.05) is 13.8 Å². The highest BCUT2D eigenvalue weighted by molar-refractivity contribution is 5.57. The summed E-state index contributed by atoms with van der Waals surface area (Å²) in [6, 6.07) is 0. The van der Waals surface area contributed by atoms with Gasteiger partial charge in [-0.05, 0) is 24.7 Å². The van der Waals surface area contributed by atoms with Crippen molar-refractivity contribution in [1.82, 2.24) is 9.97 Å². The Kier molecular flexibility index (Phi) is 3.71. The van der Waals surface area contributed by atoms with Crippen molar-refractivity contribution in [2.24, 2.45) is 5.92 Å². The normalized spacial score (nSPS) is 22.9. The van der Waals surface area contributed by atoms with E-state index in [1.54, 1.807) is 0 Å². The van der Waals surface area contributed by atoms with E-state index in [2.05, 4.69) is 28.7 Å². The first-order chi connectivity index (χ1) is 8.49. The van der Waals surface area contributed by atoms with Crippen molar-refractivity contribution in [2.75, 3.05) is 24.2 Å². The highest BCUT2D eigenvalue weighted by Gasteiger charge is 2.29. The lowest BCUT2D eigenvalue weighted by Gasteiger charge is -2.35. The van der Waals surface area contributed by atoms with Crippen LogP contribution in [-0.4, -0.2) is 34.8 Å². The Balaban J connectivity index is 2.14. The third-order valence-electron chi connectivity index (χ3n) is 3.58. The van der Waals surface area contributed by atoms with Gasteiger partial charge in [0.15, 0.2) is 0 Å². The van der Waals surface area contributed by atoms with Crippen LogP contribution in [0.15, 0.2) is 6.33 Å². The second kappa shape index (κ2) is 5.10. The zero-order valence-corrected chi connectivity index (χ0v) is 11.3. The van der Waals surface area contributed by atoms with Crippen LogP contribution in [0.25, 0.3) is 0 Å². The molecule has 1 aromatic heterocycles. The molecule has 1 fully saturated rings. The van der Waals surface area contributed by atoms with Crippen LogP contribution in [-0.2, 0) is 0 Å². The van der Waals surface area contributed by atoms with Crippen LogP contribution in [0.3, 0.4) is 0 Å². The number of nitrogens with two attached hydrogens (primary N) is 1. The average Bonchev–Trinajstić information content (AvgIpc) is 2.26. The molecule has 1 saturated carbocycles. The smallest absolute Gasteiger partial charge is 0.137 e. The van der Waals surface area contributed by atoms with Gasteiger partial charge >= 0.3 is 0 Å². The maximum atomic E-state index is 9.32. The van der Waals surface area contributed by atoms with Gasteiger partial charge in [-0.3, -0.25) is 0 Å². The van der Waals surface area contributed by atoms with Crippen LogP contribution >= 0.6 is 0 Å². The van der Waals surface area contributed by atoms with Crippen LogP contribution < -0.4 is 10.6 Å². The lowest BCUT2D eigenvalue weighted by Crippen LogP contribution is -2.37. The van der Waals surface area contributed by atoms with E-state index in [0.717, 1.165) is 30.8 Å². The van der Waals surface area contributed by atoms with Gasteiger partial charge in [-0.2, -0.15) is 0 Å². The molecule has 1 aliphatic carbocycles. The predicted octanol–water partition coefficient (Wildman–Crippen LogP) is 1.39. The van der Waals surface area contributed by atoms with Gasteiger partial charge in [0.05, 0.1) is 6.10 Å². The minimum atomic E-state index is -0.108. The Bertz CT molecular complexity index is 415. The summed E-state index contributed by atoms with van der Waals surface area (Å²) >= 11 is 0. The highest BCUT2D eigenvalue weighted by atomic mass is 16.3. The molecule has 100 valence electrons. The van der Waals surface area contributed by atoms with E-state index >= 15 is 0 Å². The van der Waals surface area contributed by atoms with E-state index in [9.17, 15) is 5.11 Å². The molecule has 5 heteroatoms. The minimum Gasteiger partial charge on any atom is -0.393 e. The van der Waals surface area contributed by atoms with Gasteiger partial charge in [0, 0.05) is 19.2 Å². The molecular formula is C13H22N4O. The first-order valence-electron chi connectivity index (χ1n) is 6.48. The number of nitrogen functional groups attached to an aromatic ring is 1. The van der Waals surface area contributed by atoms with E-state index < -0.39 is 0 Å². The Hall–Kier alpha value is -1.36. The van der Waals surface area contributed by atoms with E-state index in [1.807, 2.05) is 7.05 Å². The molecule has 3 N–H and O–H groups in total. The summed E-state index contributed by atoms with van der Waals surface area (Å²) in [6.07, 6.45) is 3.19. The van der Waals surface area contributed by atoms with Gasteiger partial charge < -0.3 is 15.7 Å². The number of hydrogen-bond donors (Lipinski definition) is 2. The third kappa shape index (κ3) is 2.56. The molecule has 0 radical (unpaired) electrons. The number of anilines is 2. The van der Waals surface area contributed by atoms with Crippen LogP contribution in [0, 0.1) is 5.92 Å². The number of hydrogen-bond acceptors (Lipinski definition) is 5. The number of aliphatic hydroxyl groups is 1. The van der Waals surface area contributed by atoms with Crippen molar-refractivity contribution in [3.05, 3.63) is 11.9 Å². The summed E-state index contributed by atoms with van der Waals surface area (Å²) in [5, 5.41) is 9.32. The molecular weight excluding hydrogens is 228 g/mol. The topological polar surface area (TPSA) is 75.3 Å². The molecule has 0 unspecified atom stereocenters. The number of nitrogens with zero attached hydrogens (tertiary/aromatic N) is 3. The lowest BCUT2D eigenvalue weighted by atomic mass is 9.82. The van der Waals surface area contributed by atoms with Gasteiger partial charge in [-0.25, -0.2) is 9.97 Å². The molecule has 0 bridgehead atoms. The molecule has 0 saturated heterocycles. The summed E-state index contributed by atoms with van der Waals surface area (Å²) in [7, 11) is 2.03. The van der Waals surface area contributed by atoms with Crippen molar-refractivity contribution in [2.45, 2.75) is 38.7 Å².